The van der Waals surface area contributed by atoms with Crippen LogP contribution in [0.4, 0.5) is 0 Å². The van der Waals surface area contributed by atoms with Crippen LogP contribution in [0.3, 0.4) is 0 Å². The molecule has 3 rings (SSSR count). The predicted molar refractivity (Wildman–Crippen MR) is 185 cm³/mol. The smallest absolute Gasteiger partial charge is 0.330 e. The summed E-state index contributed by atoms with van der Waals surface area (Å²) in [4.78, 5) is 23.1. The zero-order chi connectivity index (χ0) is 28.7. The van der Waals surface area contributed by atoms with Gasteiger partial charge >= 0.3 is 11.9 Å². The Hall–Kier alpha value is 0.520. The first-order chi connectivity index (χ1) is 19.5. The van der Waals surface area contributed by atoms with Crippen LogP contribution in [0.5, 0.6) is 0 Å². The van der Waals surface area contributed by atoms with E-state index in [9.17, 15) is 9.59 Å². The first-order valence-electron chi connectivity index (χ1n) is 14.8. The Bertz CT molecular complexity index is 726. The Morgan fingerprint density at radius 2 is 1.18 bits per heavy atom. The molecule has 10 heteroatoms. The molecule has 0 spiro atoms. The van der Waals surface area contributed by atoms with Gasteiger partial charge in [-0.15, -0.1) is 47.0 Å². The fourth-order valence-corrected chi connectivity index (χ4v) is 16.8. The molecule has 0 bridgehead atoms. The van der Waals surface area contributed by atoms with Crippen LogP contribution in [0.2, 0.25) is 0 Å². The quantitative estimate of drug-likeness (QED) is 0.0811. The Morgan fingerprint density at radius 1 is 0.775 bits per heavy atom. The average Bonchev–Trinajstić information content (AvgIpc) is 3.65. The third kappa shape index (κ3) is 11.5. The van der Waals surface area contributed by atoms with Gasteiger partial charge in [-0.1, -0.05) is 39.8 Å². The highest BCUT2D eigenvalue weighted by atomic mass is 32.2. The second-order valence-electron chi connectivity index (χ2n) is 10.6. The maximum absolute atomic E-state index is 11.6. The Balaban J connectivity index is 1.56. The van der Waals surface area contributed by atoms with Crippen molar-refractivity contribution < 1.29 is 19.1 Å². The number of carbonyl (C=O) groups excluding carboxylic acids is 2. The number of hydrogen-bond donors (Lipinski definition) is 0. The summed E-state index contributed by atoms with van der Waals surface area (Å²) in [5.41, 5.74) is 0. The van der Waals surface area contributed by atoms with E-state index in [1.54, 1.807) is 0 Å². The molecule has 1 saturated carbocycles. The summed E-state index contributed by atoms with van der Waals surface area (Å²) in [5.74, 6) is 5.55. The number of unbranched alkanes of at least 4 members (excludes halogenated alkanes) is 2. The molecular weight excluding hydrogens is 617 g/mol. The van der Waals surface area contributed by atoms with Crippen molar-refractivity contribution in [3.63, 3.8) is 0 Å². The molecule has 2 aliphatic heterocycles. The molecule has 0 aromatic carbocycles. The molecule has 228 valence electrons. The fraction of sp³-hybridized carbons (Fsp3) is 0.800. The fourth-order valence-electron chi connectivity index (χ4n) is 5.33. The van der Waals surface area contributed by atoms with Crippen LogP contribution in [-0.4, -0.2) is 78.3 Å². The maximum Gasteiger partial charge on any atom is 0.330 e. The van der Waals surface area contributed by atoms with E-state index >= 15 is 0 Å². The van der Waals surface area contributed by atoms with E-state index in [4.69, 9.17) is 9.47 Å². The van der Waals surface area contributed by atoms with Crippen molar-refractivity contribution in [1.82, 2.24) is 0 Å². The van der Waals surface area contributed by atoms with Gasteiger partial charge < -0.3 is 9.47 Å². The molecule has 0 aromatic rings. The number of rotatable bonds is 18. The topological polar surface area (TPSA) is 52.6 Å². The van der Waals surface area contributed by atoms with E-state index in [2.05, 4.69) is 97.6 Å². The van der Waals surface area contributed by atoms with Crippen molar-refractivity contribution >= 4 is 82.5 Å². The van der Waals surface area contributed by atoms with Crippen molar-refractivity contribution in [3.8, 4) is 0 Å². The molecule has 0 amide bonds. The second-order valence-corrected chi connectivity index (χ2v) is 19.1. The molecular formula is C30H48O4S6. The predicted octanol–water partition coefficient (Wildman–Crippen LogP) is 8.40. The number of ether oxygens (including phenoxy) is 2. The molecule has 4 nitrogen and oxygen atoms in total. The zero-order valence-electron chi connectivity index (χ0n) is 24.2. The first-order valence-corrected chi connectivity index (χ1v) is 20.9. The SMILES string of the molecule is C=CC(=O)OCC1CSC(C(SCCCC)C2CCC(C(SCCCC)C3SCC(COC(=O)C=C)S3)CC2)S1. The molecule has 1 aliphatic carbocycles. The lowest BCUT2D eigenvalue weighted by Crippen LogP contribution is -2.35. The van der Waals surface area contributed by atoms with Gasteiger partial charge in [0.25, 0.3) is 0 Å². The van der Waals surface area contributed by atoms with Crippen molar-refractivity contribution in [2.45, 2.75) is 95.4 Å². The first kappa shape index (κ1) is 35.0. The summed E-state index contributed by atoms with van der Waals surface area (Å²) < 4.78 is 11.9. The summed E-state index contributed by atoms with van der Waals surface area (Å²) in [6.45, 7) is 12.6. The van der Waals surface area contributed by atoms with Gasteiger partial charge in [-0.25, -0.2) is 9.59 Å². The van der Waals surface area contributed by atoms with E-state index < -0.39 is 0 Å². The van der Waals surface area contributed by atoms with Gasteiger partial charge in [0.05, 0.1) is 9.16 Å². The minimum absolute atomic E-state index is 0.310. The highest BCUT2D eigenvalue weighted by Crippen LogP contribution is 2.52. The molecule has 40 heavy (non-hydrogen) atoms. The van der Waals surface area contributed by atoms with Crippen LogP contribution in [-0.2, 0) is 19.1 Å². The summed E-state index contributed by atoms with van der Waals surface area (Å²) in [6, 6.07) is 0. The number of thioether (sulfide) groups is 6. The van der Waals surface area contributed by atoms with Gasteiger partial charge in [0, 0.05) is 44.7 Å². The van der Waals surface area contributed by atoms with Crippen molar-refractivity contribution in [2.24, 2.45) is 11.8 Å². The van der Waals surface area contributed by atoms with E-state index in [0.29, 0.717) is 43.4 Å². The summed E-state index contributed by atoms with van der Waals surface area (Å²) in [7, 11) is 0. The second kappa shape index (κ2) is 19.7. The molecule has 3 fully saturated rings. The lowest BCUT2D eigenvalue weighted by molar-refractivity contribution is -0.138. The van der Waals surface area contributed by atoms with Crippen LogP contribution in [0, 0.1) is 11.8 Å². The Kier molecular flexibility index (Phi) is 17.3. The lowest BCUT2D eigenvalue weighted by Gasteiger charge is -2.39. The third-order valence-corrected chi connectivity index (χ3v) is 18.3. The van der Waals surface area contributed by atoms with E-state index in [0.717, 1.165) is 23.3 Å². The lowest BCUT2D eigenvalue weighted by atomic mass is 9.79. The molecule has 0 N–H and O–H groups in total. The minimum atomic E-state index is -0.310. The zero-order valence-corrected chi connectivity index (χ0v) is 29.1. The molecule has 6 unspecified atom stereocenters. The number of esters is 2. The van der Waals surface area contributed by atoms with Crippen LogP contribution in [0.15, 0.2) is 25.3 Å². The van der Waals surface area contributed by atoms with Crippen molar-refractivity contribution in [2.75, 3.05) is 36.2 Å². The van der Waals surface area contributed by atoms with Crippen LogP contribution >= 0.6 is 70.6 Å². The Labute approximate surface area is 268 Å². The summed E-state index contributed by atoms with van der Waals surface area (Å²) in [6.07, 6.45) is 12.9. The Morgan fingerprint density at radius 3 is 1.52 bits per heavy atom. The third-order valence-electron chi connectivity index (χ3n) is 7.60. The van der Waals surface area contributed by atoms with Gasteiger partial charge in [0.1, 0.15) is 13.2 Å². The highest BCUT2D eigenvalue weighted by Gasteiger charge is 2.42. The molecule has 2 heterocycles. The van der Waals surface area contributed by atoms with Gasteiger partial charge in [-0.2, -0.15) is 23.5 Å². The molecule has 0 aromatic heterocycles. The number of hydrogen-bond acceptors (Lipinski definition) is 10. The van der Waals surface area contributed by atoms with E-state index in [-0.39, 0.29) is 11.9 Å². The molecule has 0 radical (unpaired) electrons. The summed E-state index contributed by atoms with van der Waals surface area (Å²) in [5, 5.41) is 2.12. The summed E-state index contributed by atoms with van der Waals surface area (Å²) >= 11 is 12.7. The van der Waals surface area contributed by atoms with Gasteiger partial charge in [-0.3, -0.25) is 0 Å². The van der Waals surface area contributed by atoms with Crippen molar-refractivity contribution in [1.29, 1.82) is 0 Å². The van der Waals surface area contributed by atoms with Gasteiger partial charge in [-0.05, 0) is 61.9 Å². The maximum atomic E-state index is 11.6. The monoisotopic (exact) mass is 664 g/mol. The molecule has 3 aliphatic rings. The average molecular weight is 665 g/mol. The molecule has 2 saturated heterocycles. The van der Waals surface area contributed by atoms with Crippen LogP contribution in [0.25, 0.3) is 0 Å². The van der Waals surface area contributed by atoms with Gasteiger partial charge in [0.2, 0.25) is 0 Å². The normalized spacial score (nSPS) is 29.9. The largest absolute Gasteiger partial charge is 0.461 e. The van der Waals surface area contributed by atoms with Crippen LogP contribution < -0.4 is 0 Å². The standard InChI is InChI=1S/C30H48O4S6/c1-5-9-15-35-27(29-37-19-23(39-29)17-33-25(31)7-3)21-11-13-22(14-12-21)28(36-16-10-6-2)30-38-20-24(40-30)18-34-26(32)8-4/h7-8,21-24,27-30H,3-6,9-20H2,1-2H3. The van der Waals surface area contributed by atoms with Crippen molar-refractivity contribution in [3.05, 3.63) is 25.3 Å². The van der Waals surface area contributed by atoms with E-state index in [1.165, 1.54) is 75.0 Å². The van der Waals surface area contributed by atoms with E-state index in [1.807, 2.05) is 0 Å². The number of carbonyl (C=O) groups is 2. The molecule has 6 atom stereocenters. The minimum Gasteiger partial charge on any atom is -0.461 e. The van der Waals surface area contributed by atoms with Gasteiger partial charge in [0.15, 0.2) is 0 Å². The highest BCUT2D eigenvalue weighted by molar-refractivity contribution is 8.22. The van der Waals surface area contributed by atoms with Crippen LogP contribution in [0.1, 0.15) is 65.2 Å².